The minimum atomic E-state index is 0. The van der Waals surface area contributed by atoms with Crippen molar-refractivity contribution in [2.24, 2.45) is 0 Å². The molecule has 9 heavy (non-hydrogen) atoms. The van der Waals surface area contributed by atoms with Gasteiger partial charge in [-0.15, -0.1) is 6.54 Å². The Morgan fingerprint density at radius 2 is 2.44 bits per heavy atom. The molecule has 1 atom stereocenters. The summed E-state index contributed by atoms with van der Waals surface area (Å²) in [6.45, 7) is 0.325. The molecule has 1 heterocycles. The molecule has 1 unspecified atom stereocenters. The van der Waals surface area contributed by atoms with Gasteiger partial charge in [-0.25, -0.2) is 0 Å². The van der Waals surface area contributed by atoms with Gasteiger partial charge in [-0.3, -0.25) is 4.79 Å². The fraction of sp³-hybridized carbons (Fsp3) is 0.800. The molecule has 49 valence electrons. The monoisotopic (exact) mass is 202 g/mol. The fourth-order valence-electron chi connectivity index (χ4n) is 0.830. The van der Waals surface area contributed by atoms with Crippen LogP contribution < -0.4 is 5.32 Å². The van der Waals surface area contributed by atoms with Crippen LogP contribution in [0.1, 0.15) is 12.8 Å². The second-order valence-corrected chi connectivity index (χ2v) is 2.01. The summed E-state index contributed by atoms with van der Waals surface area (Å²) < 4.78 is 0. The zero-order chi connectivity index (χ0) is 5.98. The minimum absolute atomic E-state index is 0. The number of hydrogen-bond acceptors (Lipinski definition) is 1. The Morgan fingerprint density at radius 1 is 1.78 bits per heavy atom. The zero-order valence-corrected chi connectivity index (χ0v) is 8.02. The van der Waals surface area contributed by atoms with E-state index in [4.69, 9.17) is 5.73 Å². The van der Waals surface area contributed by atoms with Crippen molar-refractivity contribution in [2.45, 2.75) is 18.9 Å². The van der Waals surface area contributed by atoms with Gasteiger partial charge < -0.3 is 11.1 Å². The molecule has 3 nitrogen and oxygen atoms in total. The summed E-state index contributed by atoms with van der Waals surface area (Å²) in [5.41, 5.74) is 6.88. The Labute approximate surface area is 79.6 Å². The van der Waals surface area contributed by atoms with Crippen molar-refractivity contribution in [3.05, 3.63) is 5.73 Å². The maximum atomic E-state index is 10.4. The van der Waals surface area contributed by atoms with Crippen molar-refractivity contribution in [3.8, 4) is 0 Å². The SMILES string of the molecule is [NH-]CC1CCC(=O)N1.[Y]. The molecule has 0 aromatic rings. The van der Waals surface area contributed by atoms with Crippen molar-refractivity contribution in [1.29, 1.82) is 0 Å². The van der Waals surface area contributed by atoms with Crippen LogP contribution in [0.5, 0.6) is 0 Å². The number of hydrogen-bond donors (Lipinski definition) is 1. The van der Waals surface area contributed by atoms with Crippen molar-refractivity contribution in [1.82, 2.24) is 5.32 Å². The Hall–Kier alpha value is 0.534. The van der Waals surface area contributed by atoms with Crippen LogP contribution in [0, 0.1) is 0 Å². The van der Waals surface area contributed by atoms with Gasteiger partial charge in [0.1, 0.15) is 0 Å². The fourth-order valence-corrected chi connectivity index (χ4v) is 0.830. The molecular weight excluding hydrogens is 193 g/mol. The third-order valence-electron chi connectivity index (χ3n) is 1.33. The van der Waals surface area contributed by atoms with E-state index in [0.717, 1.165) is 6.42 Å². The molecular formula is C5H9N2OY-. The normalized spacial score (nSPS) is 25.0. The maximum absolute atomic E-state index is 10.4. The average molecular weight is 202 g/mol. The van der Waals surface area contributed by atoms with Crippen molar-refractivity contribution < 1.29 is 37.5 Å². The van der Waals surface area contributed by atoms with Gasteiger partial charge in [0, 0.05) is 45.2 Å². The average Bonchev–Trinajstić information content (AvgIpc) is 2.14. The van der Waals surface area contributed by atoms with E-state index in [9.17, 15) is 4.79 Å². The Morgan fingerprint density at radius 3 is 2.67 bits per heavy atom. The van der Waals surface area contributed by atoms with Crippen LogP contribution in [-0.4, -0.2) is 18.5 Å². The van der Waals surface area contributed by atoms with Gasteiger partial charge in [-0.1, -0.05) is 0 Å². The van der Waals surface area contributed by atoms with Gasteiger partial charge in [0.2, 0.25) is 5.91 Å². The smallest absolute Gasteiger partial charge is 0.220 e. The molecule has 4 heteroatoms. The summed E-state index contributed by atoms with van der Waals surface area (Å²) in [4.78, 5) is 10.4. The van der Waals surface area contributed by atoms with E-state index >= 15 is 0 Å². The summed E-state index contributed by atoms with van der Waals surface area (Å²) in [5.74, 6) is 0.0993. The number of carbonyl (C=O) groups is 1. The van der Waals surface area contributed by atoms with E-state index in [-0.39, 0.29) is 44.7 Å². The zero-order valence-electron chi connectivity index (χ0n) is 5.18. The van der Waals surface area contributed by atoms with E-state index in [2.05, 4.69) is 5.32 Å². The Kier molecular flexibility index (Phi) is 4.62. The molecule has 0 aromatic carbocycles. The first-order chi connectivity index (χ1) is 3.83. The van der Waals surface area contributed by atoms with Crippen LogP contribution in [0.3, 0.4) is 0 Å². The van der Waals surface area contributed by atoms with Crippen molar-refractivity contribution in [2.75, 3.05) is 6.54 Å². The summed E-state index contributed by atoms with van der Waals surface area (Å²) in [7, 11) is 0. The summed E-state index contributed by atoms with van der Waals surface area (Å²) >= 11 is 0. The molecule has 0 aromatic heterocycles. The molecule has 0 spiro atoms. The second kappa shape index (κ2) is 4.37. The predicted octanol–water partition coefficient (Wildman–Crippen LogP) is 0.315. The summed E-state index contributed by atoms with van der Waals surface area (Å²) in [6.07, 6.45) is 1.46. The molecule has 1 radical (unpaired) electrons. The van der Waals surface area contributed by atoms with Gasteiger partial charge in [-0.2, -0.15) is 0 Å². The first-order valence-electron chi connectivity index (χ1n) is 2.77. The summed E-state index contributed by atoms with van der Waals surface area (Å²) in [5, 5.41) is 2.68. The molecule has 0 aliphatic carbocycles. The van der Waals surface area contributed by atoms with E-state index in [1.54, 1.807) is 0 Å². The molecule has 2 N–H and O–H groups in total. The van der Waals surface area contributed by atoms with Gasteiger partial charge in [0.25, 0.3) is 0 Å². The predicted molar refractivity (Wildman–Crippen MR) is 30.4 cm³/mol. The van der Waals surface area contributed by atoms with Crippen molar-refractivity contribution >= 4 is 5.91 Å². The molecule has 1 rings (SSSR count). The van der Waals surface area contributed by atoms with Crippen LogP contribution in [0.2, 0.25) is 0 Å². The first kappa shape index (κ1) is 9.53. The summed E-state index contributed by atoms with van der Waals surface area (Å²) in [6, 6.07) is 0.141. The number of amides is 1. The molecule has 1 aliphatic rings. The van der Waals surface area contributed by atoms with Gasteiger partial charge >= 0.3 is 0 Å². The first-order valence-corrected chi connectivity index (χ1v) is 2.77. The third kappa shape index (κ3) is 2.74. The van der Waals surface area contributed by atoms with Gasteiger partial charge in [-0.05, 0) is 6.42 Å². The number of rotatable bonds is 1. The van der Waals surface area contributed by atoms with Crippen LogP contribution in [0.25, 0.3) is 5.73 Å². The topological polar surface area (TPSA) is 52.9 Å². The van der Waals surface area contributed by atoms with Crippen LogP contribution >= 0.6 is 0 Å². The molecule has 1 aliphatic heterocycles. The van der Waals surface area contributed by atoms with Crippen LogP contribution in [-0.2, 0) is 37.5 Å². The molecule has 1 fully saturated rings. The minimum Gasteiger partial charge on any atom is -0.676 e. The molecule has 1 saturated heterocycles. The van der Waals surface area contributed by atoms with Crippen molar-refractivity contribution in [3.63, 3.8) is 0 Å². The molecule has 0 saturated carbocycles. The quantitative estimate of drug-likeness (QED) is 0.653. The number of carbonyl (C=O) groups excluding carboxylic acids is 1. The Bertz CT molecular complexity index is 107. The third-order valence-corrected chi connectivity index (χ3v) is 1.33. The van der Waals surface area contributed by atoms with E-state index in [1.165, 1.54) is 0 Å². The second-order valence-electron chi connectivity index (χ2n) is 2.01. The van der Waals surface area contributed by atoms with Crippen LogP contribution in [0.4, 0.5) is 0 Å². The van der Waals surface area contributed by atoms with E-state index in [1.807, 2.05) is 0 Å². The van der Waals surface area contributed by atoms with E-state index < -0.39 is 0 Å². The molecule has 1 amide bonds. The van der Waals surface area contributed by atoms with E-state index in [0.29, 0.717) is 13.0 Å². The standard InChI is InChI=1S/C5H9N2O.Y/c6-3-4-1-2-5(8)7-4;/h4,6H,1-3H2,(H,7,8);/q-1;. The maximum Gasteiger partial charge on any atom is 0.220 e. The van der Waals surface area contributed by atoms with Crippen LogP contribution in [0.15, 0.2) is 0 Å². The van der Waals surface area contributed by atoms with Gasteiger partial charge in [0.15, 0.2) is 0 Å². The largest absolute Gasteiger partial charge is 0.676 e. The Balaban J connectivity index is 0.000000640. The van der Waals surface area contributed by atoms with Gasteiger partial charge in [0.05, 0.1) is 0 Å². The number of nitrogens with one attached hydrogen (secondary N) is 2. The molecule has 0 bridgehead atoms.